The molecule has 0 aliphatic rings. The molecule has 151 valence electrons. The molecule has 1 unspecified atom stereocenters. The lowest BCUT2D eigenvalue weighted by Crippen LogP contribution is -2.47. The first-order valence-corrected chi connectivity index (χ1v) is 12.0. The van der Waals surface area contributed by atoms with Crippen LogP contribution in [0.5, 0.6) is 0 Å². The van der Waals surface area contributed by atoms with Crippen LogP contribution < -0.4 is 10.4 Å². The van der Waals surface area contributed by atoms with E-state index < -0.39 is 9.04 Å². The molecule has 2 nitrogen and oxygen atoms in total. The van der Waals surface area contributed by atoms with E-state index in [2.05, 4.69) is 45.0 Å². The average Bonchev–Trinajstić information content (AvgIpc) is 2.70. The van der Waals surface area contributed by atoms with Crippen LogP contribution in [0.4, 0.5) is 0 Å². The summed E-state index contributed by atoms with van der Waals surface area (Å²) in [4.78, 5) is 11.7. The van der Waals surface area contributed by atoms with Crippen LogP contribution in [-0.4, -0.2) is 21.4 Å². The highest BCUT2D eigenvalue weighted by atomic mass is 28.3. The summed E-state index contributed by atoms with van der Waals surface area (Å²) < 4.78 is 6.38. The molecule has 2 rings (SSSR count). The van der Waals surface area contributed by atoms with Gasteiger partial charge in [-0.3, -0.25) is 0 Å². The van der Waals surface area contributed by atoms with Crippen LogP contribution in [0.3, 0.4) is 0 Å². The number of carbonyl (C=O) groups excluding carboxylic acids is 1. The van der Waals surface area contributed by atoms with Crippen molar-refractivity contribution in [2.75, 3.05) is 0 Å². The highest BCUT2D eigenvalue weighted by Gasteiger charge is 2.23. The minimum Gasteiger partial charge on any atom is -0.397 e. The zero-order chi connectivity index (χ0) is 20.2. The molecule has 0 saturated carbocycles. The zero-order valence-electron chi connectivity index (χ0n) is 17.7. The van der Waals surface area contributed by atoms with Gasteiger partial charge in [-0.15, -0.1) is 0 Å². The lowest BCUT2D eigenvalue weighted by atomic mass is 9.89. The van der Waals surface area contributed by atoms with E-state index in [0.29, 0.717) is 5.41 Å². The molecule has 0 amide bonds. The van der Waals surface area contributed by atoms with Crippen molar-refractivity contribution in [2.45, 2.75) is 71.8 Å². The van der Waals surface area contributed by atoms with E-state index in [1.165, 1.54) is 42.5 Å². The van der Waals surface area contributed by atoms with E-state index in [4.69, 9.17) is 4.43 Å². The van der Waals surface area contributed by atoms with Gasteiger partial charge in [0.1, 0.15) is 12.4 Å². The summed E-state index contributed by atoms with van der Waals surface area (Å²) in [6.45, 7) is 6.91. The fourth-order valence-corrected chi connectivity index (χ4v) is 5.39. The van der Waals surface area contributed by atoms with Gasteiger partial charge in [0, 0.05) is 0 Å². The number of benzene rings is 2. The van der Waals surface area contributed by atoms with Crippen molar-refractivity contribution in [2.24, 2.45) is 5.41 Å². The van der Waals surface area contributed by atoms with E-state index in [-0.39, 0.29) is 6.10 Å². The molecule has 0 heterocycles. The molecule has 1 radical (unpaired) electrons. The Morgan fingerprint density at radius 2 is 1.32 bits per heavy atom. The lowest BCUT2D eigenvalue weighted by molar-refractivity contribution is -0.114. The highest BCUT2D eigenvalue weighted by molar-refractivity contribution is 6.80. The van der Waals surface area contributed by atoms with E-state index in [1.54, 1.807) is 0 Å². The van der Waals surface area contributed by atoms with Crippen molar-refractivity contribution in [1.82, 2.24) is 0 Å². The minimum atomic E-state index is -1.41. The number of unbranched alkanes of at least 4 members (excludes halogenated alkanes) is 4. The molecule has 0 spiro atoms. The van der Waals surface area contributed by atoms with Gasteiger partial charge in [0.2, 0.25) is 0 Å². The number of hydrogen-bond donors (Lipinski definition) is 0. The Hall–Kier alpha value is -1.71. The van der Waals surface area contributed by atoms with Crippen LogP contribution >= 0.6 is 0 Å². The second-order valence-electron chi connectivity index (χ2n) is 8.72. The fourth-order valence-electron chi connectivity index (χ4n) is 3.32. The monoisotopic (exact) mass is 395 g/mol. The molecular weight excluding hydrogens is 360 g/mol. The Labute approximate surface area is 173 Å². The second-order valence-corrected chi connectivity index (χ2v) is 10.8. The predicted octanol–water partition coefficient (Wildman–Crippen LogP) is 5.15. The van der Waals surface area contributed by atoms with Gasteiger partial charge in [-0.25, -0.2) is 0 Å². The maximum atomic E-state index is 11.7. The highest BCUT2D eigenvalue weighted by Crippen LogP contribution is 2.22. The first-order chi connectivity index (χ1) is 13.5. The van der Waals surface area contributed by atoms with Gasteiger partial charge in [-0.1, -0.05) is 114 Å². The van der Waals surface area contributed by atoms with Crippen molar-refractivity contribution < 1.29 is 9.22 Å². The molecule has 0 saturated heterocycles. The molecule has 0 N–H and O–H groups in total. The Bertz CT molecular complexity index is 624. The van der Waals surface area contributed by atoms with E-state index in [9.17, 15) is 4.79 Å². The summed E-state index contributed by atoms with van der Waals surface area (Å²) in [5.74, 6) is 0. The van der Waals surface area contributed by atoms with Crippen LogP contribution in [0.25, 0.3) is 0 Å². The number of rotatable bonds is 12. The summed E-state index contributed by atoms with van der Waals surface area (Å²) in [5, 5.41) is 2.38. The van der Waals surface area contributed by atoms with Crippen molar-refractivity contribution >= 4 is 25.7 Å². The SMILES string of the molecule is CC(C)(C)CCCCCCCC(C=O)O[Si](c1ccccc1)c1ccccc1. The van der Waals surface area contributed by atoms with E-state index in [1.807, 2.05) is 36.4 Å². The maximum Gasteiger partial charge on any atom is 0.283 e. The summed E-state index contributed by atoms with van der Waals surface area (Å²) in [5.41, 5.74) is 0.434. The number of carbonyl (C=O) groups is 1. The molecule has 2 aromatic rings. The second kappa shape index (κ2) is 12.0. The molecule has 3 heteroatoms. The molecule has 0 aromatic heterocycles. The van der Waals surface area contributed by atoms with E-state index >= 15 is 0 Å². The summed E-state index contributed by atoms with van der Waals surface area (Å²) in [7, 11) is -1.41. The molecular formula is C25H35O2Si. The zero-order valence-corrected chi connectivity index (χ0v) is 18.7. The van der Waals surface area contributed by atoms with Crippen molar-refractivity contribution in [1.29, 1.82) is 0 Å². The molecule has 0 aliphatic carbocycles. The lowest BCUT2D eigenvalue weighted by Gasteiger charge is -2.21. The molecule has 28 heavy (non-hydrogen) atoms. The molecule has 2 aromatic carbocycles. The third-order valence-corrected chi connectivity index (χ3v) is 7.16. The van der Waals surface area contributed by atoms with Gasteiger partial charge in [0.05, 0.1) is 0 Å². The van der Waals surface area contributed by atoms with Crippen LogP contribution in [0.2, 0.25) is 0 Å². The predicted molar refractivity (Wildman–Crippen MR) is 121 cm³/mol. The first kappa shape index (κ1) is 22.6. The van der Waals surface area contributed by atoms with Crippen molar-refractivity contribution in [3.05, 3.63) is 60.7 Å². The van der Waals surface area contributed by atoms with Gasteiger partial charge in [-0.2, -0.15) is 0 Å². The van der Waals surface area contributed by atoms with E-state index in [0.717, 1.165) is 19.1 Å². The van der Waals surface area contributed by atoms with Gasteiger partial charge in [-0.05, 0) is 28.6 Å². The third-order valence-electron chi connectivity index (χ3n) is 4.91. The summed E-state index contributed by atoms with van der Waals surface area (Å²) >= 11 is 0. The van der Waals surface area contributed by atoms with Crippen LogP contribution in [0, 0.1) is 5.41 Å². The van der Waals surface area contributed by atoms with Crippen LogP contribution in [-0.2, 0) is 9.22 Å². The molecule has 0 bridgehead atoms. The average molecular weight is 396 g/mol. The van der Waals surface area contributed by atoms with Gasteiger partial charge in [0.25, 0.3) is 9.04 Å². The van der Waals surface area contributed by atoms with Crippen molar-refractivity contribution in [3.8, 4) is 0 Å². The third kappa shape index (κ3) is 8.53. The Balaban J connectivity index is 1.84. The minimum absolute atomic E-state index is 0.316. The van der Waals surface area contributed by atoms with Gasteiger partial charge in [0.15, 0.2) is 0 Å². The largest absolute Gasteiger partial charge is 0.397 e. The standard InChI is InChI=1S/C25H35O2Si/c1-25(2,3)20-14-6-4-5-9-15-22(21-26)27-28(23-16-10-7-11-17-23)24-18-12-8-13-19-24/h7-8,10-13,16-19,21-22H,4-6,9,14-15,20H2,1-3H3. The normalized spacial score (nSPS) is 12.9. The first-order valence-electron chi connectivity index (χ1n) is 10.6. The van der Waals surface area contributed by atoms with Crippen LogP contribution in [0.15, 0.2) is 60.7 Å². The molecule has 0 aliphatic heterocycles. The van der Waals surface area contributed by atoms with Gasteiger partial charge >= 0.3 is 0 Å². The Kier molecular flexibility index (Phi) is 9.66. The Morgan fingerprint density at radius 1 is 0.821 bits per heavy atom. The quantitative estimate of drug-likeness (QED) is 0.282. The Morgan fingerprint density at radius 3 is 1.82 bits per heavy atom. The topological polar surface area (TPSA) is 26.3 Å². The molecule has 0 fully saturated rings. The molecule has 1 atom stereocenters. The van der Waals surface area contributed by atoms with Gasteiger partial charge < -0.3 is 9.22 Å². The number of aldehydes is 1. The maximum absolute atomic E-state index is 11.7. The van der Waals surface area contributed by atoms with Crippen LogP contribution in [0.1, 0.15) is 65.7 Å². The summed E-state index contributed by atoms with van der Waals surface area (Å²) in [6.07, 6.45) is 8.84. The van der Waals surface area contributed by atoms with Crippen molar-refractivity contribution in [3.63, 3.8) is 0 Å². The summed E-state index contributed by atoms with van der Waals surface area (Å²) in [6, 6.07) is 20.6. The smallest absolute Gasteiger partial charge is 0.283 e. The number of hydrogen-bond acceptors (Lipinski definition) is 2. The fraction of sp³-hybridized carbons (Fsp3) is 0.480.